The fourth-order valence-electron chi connectivity index (χ4n) is 1.38. The fraction of sp³-hybridized carbons (Fsp3) is 0.462. The van der Waals surface area contributed by atoms with Gasteiger partial charge in [0.25, 0.3) is 5.91 Å². The van der Waals surface area contributed by atoms with E-state index in [1.165, 1.54) is 0 Å². The molecule has 0 aromatic heterocycles. The summed E-state index contributed by atoms with van der Waals surface area (Å²) < 4.78 is 37.7. The third-order valence-electron chi connectivity index (χ3n) is 2.98. The molecule has 1 amide bonds. The SMILES string of the molecule is CC(C)[C@@H](C)NC(=O)c1cc(C(F)(F)F)ccc1N. The third kappa shape index (κ3) is 3.87. The summed E-state index contributed by atoms with van der Waals surface area (Å²) in [5.41, 5.74) is 4.55. The highest BCUT2D eigenvalue weighted by atomic mass is 19.4. The second-order valence-corrected chi connectivity index (χ2v) is 4.81. The summed E-state index contributed by atoms with van der Waals surface area (Å²) in [4.78, 5) is 11.9. The van der Waals surface area contributed by atoms with Crippen molar-refractivity contribution in [3.63, 3.8) is 0 Å². The predicted octanol–water partition coefficient (Wildman–Crippen LogP) is 3.06. The number of benzene rings is 1. The molecule has 0 fully saturated rings. The lowest BCUT2D eigenvalue weighted by atomic mass is 10.0. The molecule has 0 aliphatic heterocycles. The highest BCUT2D eigenvalue weighted by molar-refractivity contribution is 5.99. The zero-order valence-corrected chi connectivity index (χ0v) is 11.0. The van der Waals surface area contributed by atoms with Crippen LogP contribution in [0.4, 0.5) is 18.9 Å². The molecule has 0 heterocycles. The van der Waals surface area contributed by atoms with Crippen LogP contribution in [0.5, 0.6) is 0 Å². The van der Waals surface area contributed by atoms with E-state index in [-0.39, 0.29) is 23.2 Å². The van der Waals surface area contributed by atoms with Crippen LogP contribution in [0.15, 0.2) is 18.2 Å². The van der Waals surface area contributed by atoms with Crippen molar-refractivity contribution in [1.82, 2.24) is 5.32 Å². The minimum absolute atomic E-state index is 0.0291. The van der Waals surface area contributed by atoms with Crippen molar-refractivity contribution in [3.05, 3.63) is 29.3 Å². The van der Waals surface area contributed by atoms with E-state index in [1.54, 1.807) is 6.92 Å². The molecular formula is C13H17F3N2O. The molecule has 0 bridgehead atoms. The molecule has 1 atom stereocenters. The van der Waals surface area contributed by atoms with Crippen LogP contribution < -0.4 is 11.1 Å². The molecule has 106 valence electrons. The summed E-state index contributed by atoms with van der Waals surface area (Å²) in [5, 5.41) is 2.63. The zero-order valence-electron chi connectivity index (χ0n) is 11.0. The van der Waals surface area contributed by atoms with Crippen molar-refractivity contribution in [2.45, 2.75) is 33.0 Å². The van der Waals surface area contributed by atoms with Gasteiger partial charge in [-0.25, -0.2) is 0 Å². The Morgan fingerprint density at radius 1 is 1.26 bits per heavy atom. The molecule has 0 aliphatic rings. The Labute approximate surface area is 110 Å². The molecule has 1 aromatic carbocycles. The van der Waals surface area contributed by atoms with Crippen molar-refractivity contribution >= 4 is 11.6 Å². The molecule has 1 rings (SSSR count). The number of amides is 1. The lowest BCUT2D eigenvalue weighted by Gasteiger charge is -2.18. The molecule has 1 aromatic rings. The van der Waals surface area contributed by atoms with Crippen LogP contribution in [-0.4, -0.2) is 11.9 Å². The van der Waals surface area contributed by atoms with Crippen molar-refractivity contribution in [2.75, 3.05) is 5.73 Å². The van der Waals surface area contributed by atoms with E-state index in [2.05, 4.69) is 5.32 Å². The first kappa shape index (κ1) is 15.3. The average Bonchev–Trinajstić information content (AvgIpc) is 2.27. The quantitative estimate of drug-likeness (QED) is 0.832. The summed E-state index contributed by atoms with van der Waals surface area (Å²) in [6.07, 6.45) is -4.49. The predicted molar refractivity (Wildman–Crippen MR) is 67.6 cm³/mol. The van der Waals surface area contributed by atoms with Crippen LogP contribution in [0, 0.1) is 5.92 Å². The Kier molecular flexibility index (Phi) is 4.44. The largest absolute Gasteiger partial charge is 0.416 e. The van der Waals surface area contributed by atoms with Gasteiger partial charge in [0.1, 0.15) is 0 Å². The minimum atomic E-state index is -4.49. The van der Waals surface area contributed by atoms with E-state index < -0.39 is 17.6 Å². The summed E-state index contributed by atoms with van der Waals surface area (Å²) in [6, 6.07) is 2.58. The number of hydrogen-bond donors (Lipinski definition) is 2. The van der Waals surface area contributed by atoms with Gasteiger partial charge in [0.15, 0.2) is 0 Å². The molecule has 0 spiro atoms. The number of nitrogen functional groups attached to an aromatic ring is 1. The van der Waals surface area contributed by atoms with Gasteiger partial charge in [0, 0.05) is 11.7 Å². The third-order valence-corrected chi connectivity index (χ3v) is 2.98. The van der Waals surface area contributed by atoms with Crippen LogP contribution in [0.1, 0.15) is 36.7 Å². The lowest BCUT2D eigenvalue weighted by Crippen LogP contribution is -2.36. The number of hydrogen-bond acceptors (Lipinski definition) is 2. The zero-order chi connectivity index (χ0) is 14.8. The van der Waals surface area contributed by atoms with Crippen LogP contribution in [-0.2, 0) is 6.18 Å². The van der Waals surface area contributed by atoms with Crippen LogP contribution in [0.25, 0.3) is 0 Å². The Morgan fingerprint density at radius 2 is 1.84 bits per heavy atom. The van der Waals surface area contributed by atoms with Gasteiger partial charge in [0.2, 0.25) is 0 Å². The van der Waals surface area contributed by atoms with Crippen molar-refractivity contribution in [1.29, 1.82) is 0 Å². The molecule has 0 aliphatic carbocycles. The Balaban J connectivity index is 3.03. The topological polar surface area (TPSA) is 55.1 Å². The van der Waals surface area contributed by atoms with Crippen molar-refractivity contribution in [3.8, 4) is 0 Å². The minimum Gasteiger partial charge on any atom is -0.398 e. The number of nitrogens with one attached hydrogen (secondary N) is 1. The molecular weight excluding hydrogens is 257 g/mol. The number of rotatable bonds is 3. The first-order valence-corrected chi connectivity index (χ1v) is 5.90. The Bertz CT molecular complexity index is 469. The first-order chi connectivity index (χ1) is 8.62. The molecule has 19 heavy (non-hydrogen) atoms. The van der Waals surface area contributed by atoms with Gasteiger partial charge in [0.05, 0.1) is 11.1 Å². The molecule has 3 N–H and O–H groups in total. The summed E-state index contributed by atoms with van der Waals surface area (Å²) in [6.45, 7) is 5.59. The van der Waals surface area contributed by atoms with Crippen molar-refractivity contribution in [2.24, 2.45) is 5.92 Å². The molecule has 6 heteroatoms. The number of alkyl halides is 3. The Morgan fingerprint density at radius 3 is 2.32 bits per heavy atom. The van der Waals surface area contributed by atoms with Crippen molar-refractivity contribution < 1.29 is 18.0 Å². The number of halogens is 3. The number of carbonyl (C=O) groups excluding carboxylic acids is 1. The van der Waals surface area contributed by atoms with Gasteiger partial charge in [-0.3, -0.25) is 4.79 Å². The van der Waals surface area contributed by atoms with Gasteiger partial charge in [-0.2, -0.15) is 13.2 Å². The highest BCUT2D eigenvalue weighted by Crippen LogP contribution is 2.31. The monoisotopic (exact) mass is 274 g/mol. The normalized spacial score (nSPS) is 13.4. The van der Waals surface area contributed by atoms with Crippen LogP contribution in [0.3, 0.4) is 0 Å². The van der Waals surface area contributed by atoms with E-state index in [4.69, 9.17) is 5.73 Å². The highest BCUT2D eigenvalue weighted by Gasteiger charge is 2.31. The van der Waals surface area contributed by atoms with E-state index in [0.717, 1.165) is 18.2 Å². The van der Waals surface area contributed by atoms with E-state index in [0.29, 0.717) is 0 Å². The van der Waals surface area contributed by atoms with Crippen LogP contribution >= 0.6 is 0 Å². The number of nitrogens with two attached hydrogens (primary N) is 1. The second kappa shape index (κ2) is 5.50. The van der Waals surface area contributed by atoms with Gasteiger partial charge in [-0.15, -0.1) is 0 Å². The Hall–Kier alpha value is -1.72. The number of anilines is 1. The van der Waals surface area contributed by atoms with E-state index >= 15 is 0 Å². The molecule has 0 saturated carbocycles. The maximum atomic E-state index is 12.6. The average molecular weight is 274 g/mol. The maximum absolute atomic E-state index is 12.6. The van der Waals surface area contributed by atoms with Gasteiger partial charge >= 0.3 is 6.18 Å². The van der Waals surface area contributed by atoms with Gasteiger partial charge in [-0.05, 0) is 31.0 Å². The summed E-state index contributed by atoms with van der Waals surface area (Å²) in [7, 11) is 0. The van der Waals surface area contributed by atoms with E-state index in [1.807, 2.05) is 13.8 Å². The second-order valence-electron chi connectivity index (χ2n) is 4.81. The van der Waals surface area contributed by atoms with Crippen LogP contribution in [0.2, 0.25) is 0 Å². The standard InChI is InChI=1S/C13H17F3N2O/c1-7(2)8(3)18-12(19)10-6-9(13(14,15)16)4-5-11(10)17/h4-8H,17H2,1-3H3,(H,18,19)/t8-/m1/s1. The maximum Gasteiger partial charge on any atom is 0.416 e. The smallest absolute Gasteiger partial charge is 0.398 e. The van der Waals surface area contributed by atoms with Gasteiger partial charge < -0.3 is 11.1 Å². The van der Waals surface area contributed by atoms with E-state index in [9.17, 15) is 18.0 Å². The molecule has 0 saturated heterocycles. The van der Waals surface area contributed by atoms with Gasteiger partial charge in [-0.1, -0.05) is 13.8 Å². The molecule has 0 radical (unpaired) electrons. The molecule has 3 nitrogen and oxygen atoms in total. The fourth-order valence-corrected chi connectivity index (χ4v) is 1.38. The molecule has 0 unspecified atom stereocenters. The lowest BCUT2D eigenvalue weighted by molar-refractivity contribution is -0.137. The first-order valence-electron chi connectivity index (χ1n) is 5.90. The summed E-state index contributed by atoms with van der Waals surface area (Å²) >= 11 is 0. The number of carbonyl (C=O) groups is 1. The summed E-state index contributed by atoms with van der Waals surface area (Å²) in [5.74, 6) is -0.416.